The number of hydrogen-bond acceptors (Lipinski definition) is 5. The van der Waals surface area contributed by atoms with Gasteiger partial charge in [0.1, 0.15) is 17.9 Å². The zero-order chi connectivity index (χ0) is 25.2. The van der Waals surface area contributed by atoms with E-state index in [2.05, 4.69) is 34.2 Å². The number of carbonyl (C=O) groups is 3. The van der Waals surface area contributed by atoms with Crippen LogP contribution in [0.1, 0.15) is 47.7 Å². The zero-order valence-electron chi connectivity index (χ0n) is 20.5. The molecule has 0 spiro atoms. The summed E-state index contributed by atoms with van der Waals surface area (Å²) < 4.78 is 6.44. The smallest absolute Gasteiger partial charge is 0.255 e. The van der Waals surface area contributed by atoms with Crippen molar-refractivity contribution in [3.8, 4) is 5.75 Å². The van der Waals surface area contributed by atoms with E-state index < -0.39 is 6.04 Å². The Morgan fingerprint density at radius 1 is 1.17 bits per heavy atom. The van der Waals surface area contributed by atoms with Gasteiger partial charge >= 0.3 is 0 Å². The Morgan fingerprint density at radius 2 is 1.97 bits per heavy atom. The fraction of sp³-hybridized carbons (Fsp3) is 0.393. The molecule has 2 saturated heterocycles. The van der Waals surface area contributed by atoms with Crippen molar-refractivity contribution in [1.29, 1.82) is 0 Å². The van der Waals surface area contributed by atoms with Crippen molar-refractivity contribution in [1.82, 2.24) is 20.4 Å². The SMILES string of the molecule is C=C1CCC(N2Cc3cc(OC4CN(Cc5ccccc5)CCC4NC(C)=O)ccc3C2=O)C(=O)N1. The Hall–Kier alpha value is -3.65. The van der Waals surface area contributed by atoms with E-state index in [4.69, 9.17) is 4.74 Å². The molecule has 3 amide bonds. The number of carbonyl (C=O) groups excluding carboxylic acids is 3. The van der Waals surface area contributed by atoms with Crippen LogP contribution in [0.4, 0.5) is 0 Å². The third-order valence-electron chi connectivity index (χ3n) is 7.18. The van der Waals surface area contributed by atoms with Gasteiger partial charge < -0.3 is 20.3 Å². The summed E-state index contributed by atoms with van der Waals surface area (Å²) in [7, 11) is 0. The first-order valence-corrected chi connectivity index (χ1v) is 12.5. The van der Waals surface area contributed by atoms with Crippen LogP contribution in [0.25, 0.3) is 0 Å². The van der Waals surface area contributed by atoms with Crippen molar-refractivity contribution >= 4 is 17.7 Å². The molecule has 3 aliphatic rings. The Balaban J connectivity index is 1.30. The molecule has 0 aliphatic carbocycles. The van der Waals surface area contributed by atoms with Gasteiger partial charge in [0, 0.05) is 44.4 Å². The normalized spacial score (nSPS) is 24.3. The summed E-state index contributed by atoms with van der Waals surface area (Å²) in [6.07, 6.45) is 1.80. The second kappa shape index (κ2) is 10.1. The molecule has 0 bridgehead atoms. The van der Waals surface area contributed by atoms with Crippen molar-refractivity contribution in [2.75, 3.05) is 13.1 Å². The van der Waals surface area contributed by atoms with Gasteiger partial charge in [0.15, 0.2) is 0 Å². The first-order valence-electron chi connectivity index (χ1n) is 12.5. The topological polar surface area (TPSA) is 91.0 Å². The lowest BCUT2D eigenvalue weighted by Crippen LogP contribution is -2.55. The summed E-state index contributed by atoms with van der Waals surface area (Å²) in [5.41, 5.74) is 3.38. The van der Waals surface area contributed by atoms with E-state index in [0.29, 0.717) is 42.9 Å². The maximum atomic E-state index is 13.0. The number of allylic oxidation sites excluding steroid dienone is 1. The lowest BCUT2D eigenvalue weighted by molar-refractivity contribution is -0.126. The molecule has 2 aromatic carbocycles. The lowest BCUT2D eigenvalue weighted by Gasteiger charge is -2.38. The average molecular weight is 489 g/mol. The summed E-state index contributed by atoms with van der Waals surface area (Å²) in [4.78, 5) is 41.3. The minimum atomic E-state index is -0.492. The van der Waals surface area contributed by atoms with Crippen LogP contribution in [0.15, 0.2) is 60.8 Å². The van der Waals surface area contributed by atoms with Gasteiger partial charge in [0.25, 0.3) is 5.91 Å². The Bertz CT molecular complexity index is 1180. The Labute approximate surface area is 211 Å². The number of nitrogens with zero attached hydrogens (tertiary/aromatic N) is 2. The first kappa shape index (κ1) is 24.1. The summed E-state index contributed by atoms with van der Waals surface area (Å²) in [5.74, 6) is 0.273. The fourth-order valence-electron chi connectivity index (χ4n) is 5.39. The second-order valence-electron chi connectivity index (χ2n) is 9.87. The molecule has 36 heavy (non-hydrogen) atoms. The van der Waals surface area contributed by atoms with E-state index >= 15 is 0 Å². The van der Waals surface area contributed by atoms with E-state index in [9.17, 15) is 14.4 Å². The van der Waals surface area contributed by atoms with Gasteiger partial charge in [-0.2, -0.15) is 0 Å². The summed E-state index contributed by atoms with van der Waals surface area (Å²) >= 11 is 0. The highest BCUT2D eigenvalue weighted by Gasteiger charge is 2.38. The summed E-state index contributed by atoms with van der Waals surface area (Å²) in [6.45, 7) is 8.08. The molecule has 3 heterocycles. The van der Waals surface area contributed by atoms with Gasteiger partial charge in [-0.15, -0.1) is 0 Å². The third kappa shape index (κ3) is 5.14. The van der Waals surface area contributed by atoms with Crippen molar-refractivity contribution in [3.63, 3.8) is 0 Å². The molecule has 2 N–H and O–H groups in total. The molecule has 0 aromatic heterocycles. The lowest BCUT2D eigenvalue weighted by atomic mass is 10.0. The van der Waals surface area contributed by atoms with Crippen LogP contribution in [-0.4, -0.2) is 58.8 Å². The molecule has 8 nitrogen and oxygen atoms in total. The number of likely N-dealkylation sites (tertiary alicyclic amines) is 1. The van der Waals surface area contributed by atoms with E-state index in [0.717, 1.165) is 25.1 Å². The van der Waals surface area contributed by atoms with E-state index in [-0.39, 0.29) is 29.9 Å². The minimum Gasteiger partial charge on any atom is -0.487 e. The maximum Gasteiger partial charge on any atom is 0.255 e. The predicted molar refractivity (Wildman–Crippen MR) is 135 cm³/mol. The summed E-state index contributed by atoms with van der Waals surface area (Å²) in [5, 5.41) is 5.82. The van der Waals surface area contributed by atoms with Gasteiger partial charge in [-0.25, -0.2) is 0 Å². The van der Waals surface area contributed by atoms with Crippen LogP contribution in [0, 0.1) is 0 Å². The number of nitrogens with one attached hydrogen (secondary N) is 2. The molecule has 188 valence electrons. The number of benzene rings is 2. The second-order valence-corrected chi connectivity index (χ2v) is 9.87. The van der Waals surface area contributed by atoms with Crippen molar-refractivity contribution in [2.45, 2.75) is 57.5 Å². The molecule has 5 rings (SSSR count). The van der Waals surface area contributed by atoms with Crippen molar-refractivity contribution in [2.24, 2.45) is 0 Å². The molecular weight excluding hydrogens is 456 g/mol. The standard InChI is InChI=1S/C28H32N4O4/c1-18-8-11-25(27(34)29-18)32-16-21-14-22(9-10-23(21)28(32)35)36-26-17-31(13-12-24(26)30-19(2)33)15-20-6-4-3-5-7-20/h3-7,9-10,14,24-26H,1,8,11-13,15-17H2,2H3,(H,29,34)(H,30,33). The van der Waals surface area contributed by atoms with Gasteiger partial charge in [0.05, 0.1) is 6.04 Å². The average Bonchev–Trinajstić information content (AvgIpc) is 3.16. The van der Waals surface area contributed by atoms with Gasteiger partial charge in [0.2, 0.25) is 11.8 Å². The largest absolute Gasteiger partial charge is 0.487 e. The molecule has 2 aromatic rings. The van der Waals surface area contributed by atoms with Gasteiger partial charge in [-0.1, -0.05) is 36.9 Å². The summed E-state index contributed by atoms with van der Waals surface area (Å²) in [6, 6.07) is 15.2. The van der Waals surface area contributed by atoms with Crippen molar-refractivity contribution in [3.05, 3.63) is 77.5 Å². The highest BCUT2D eigenvalue weighted by atomic mass is 16.5. The van der Waals surface area contributed by atoms with Crippen LogP contribution >= 0.6 is 0 Å². The molecule has 3 atom stereocenters. The molecule has 0 radical (unpaired) electrons. The quantitative estimate of drug-likeness (QED) is 0.652. The van der Waals surface area contributed by atoms with Crippen LogP contribution in [0.3, 0.4) is 0 Å². The molecular formula is C28H32N4O4. The number of rotatable bonds is 6. The van der Waals surface area contributed by atoms with Crippen LogP contribution in [-0.2, 0) is 22.7 Å². The molecule has 3 aliphatic heterocycles. The Morgan fingerprint density at radius 3 is 2.72 bits per heavy atom. The third-order valence-corrected chi connectivity index (χ3v) is 7.18. The molecule has 8 heteroatoms. The van der Waals surface area contributed by atoms with E-state index in [1.165, 1.54) is 12.5 Å². The highest BCUT2D eigenvalue weighted by molar-refractivity contribution is 6.01. The number of hydrogen-bond donors (Lipinski definition) is 2. The molecule has 3 unspecified atom stereocenters. The first-order chi connectivity index (χ1) is 17.4. The fourth-order valence-corrected chi connectivity index (χ4v) is 5.39. The van der Waals surface area contributed by atoms with Gasteiger partial charge in [-0.3, -0.25) is 19.3 Å². The van der Waals surface area contributed by atoms with E-state index in [1.54, 1.807) is 11.0 Å². The predicted octanol–water partition coefficient (Wildman–Crippen LogP) is 2.59. The van der Waals surface area contributed by atoms with E-state index in [1.807, 2.05) is 30.3 Å². The van der Waals surface area contributed by atoms with Gasteiger partial charge in [-0.05, 0) is 48.6 Å². The number of amides is 3. The molecule has 2 fully saturated rings. The van der Waals surface area contributed by atoms with Crippen LogP contribution < -0.4 is 15.4 Å². The number of fused-ring (bicyclic) bond motifs is 1. The number of ether oxygens (including phenoxy) is 1. The van der Waals surface area contributed by atoms with Crippen molar-refractivity contribution < 1.29 is 19.1 Å². The van der Waals surface area contributed by atoms with Crippen LogP contribution in [0.2, 0.25) is 0 Å². The number of piperidine rings is 2. The minimum absolute atomic E-state index is 0.0752. The highest BCUT2D eigenvalue weighted by Crippen LogP contribution is 2.31. The zero-order valence-corrected chi connectivity index (χ0v) is 20.5. The van der Waals surface area contributed by atoms with Crippen LogP contribution in [0.5, 0.6) is 5.75 Å². The Kier molecular flexibility index (Phi) is 6.78. The monoisotopic (exact) mass is 488 g/mol. The maximum absolute atomic E-state index is 13.0. The molecule has 0 saturated carbocycles.